The molecule has 6 nitrogen and oxygen atoms in total. The second-order valence-corrected chi connectivity index (χ2v) is 5.38. The Balaban J connectivity index is 1.64. The van der Waals surface area contributed by atoms with Crippen LogP contribution >= 0.6 is 0 Å². The number of aromatic nitrogens is 2. The van der Waals surface area contributed by atoms with Crippen molar-refractivity contribution < 1.29 is 9.59 Å². The van der Waals surface area contributed by atoms with Crippen molar-refractivity contribution in [3.8, 4) is 0 Å². The summed E-state index contributed by atoms with van der Waals surface area (Å²) < 4.78 is 0. The van der Waals surface area contributed by atoms with Crippen LogP contribution in [-0.4, -0.2) is 39.5 Å². The largest absolute Gasteiger partial charge is 0.339 e. The van der Waals surface area contributed by atoms with Crippen molar-refractivity contribution >= 4 is 11.8 Å². The number of nitrogens with zero attached hydrogens (tertiary/aromatic N) is 2. The van der Waals surface area contributed by atoms with Gasteiger partial charge in [-0.1, -0.05) is 30.3 Å². The van der Waals surface area contributed by atoms with E-state index in [1.54, 1.807) is 11.0 Å². The summed E-state index contributed by atoms with van der Waals surface area (Å²) in [7, 11) is 0. The normalized spacial score (nSPS) is 18.3. The van der Waals surface area contributed by atoms with E-state index >= 15 is 0 Å². The zero-order valence-electron chi connectivity index (χ0n) is 12.2. The first kappa shape index (κ1) is 14.3. The Bertz CT molecular complexity index is 639. The van der Waals surface area contributed by atoms with Gasteiger partial charge in [0, 0.05) is 19.3 Å². The highest BCUT2D eigenvalue weighted by molar-refractivity contribution is 5.96. The molecule has 3 rings (SSSR count). The van der Waals surface area contributed by atoms with E-state index < -0.39 is 6.04 Å². The molecule has 2 N–H and O–H groups in total. The molecule has 0 bridgehead atoms. The first-order chi connectivity index (χ1) is 10.7. The molecule has 1 aromatic heterocycles. The van der Waals surface area contributed by atoms with Gasteiger partial charge in [-0.3, -0.25) is 14.7 Å². The number of aromatic amines is 1. The molecular formula is C16H18N4O2. The lowest BCUT2D eigenvalue weighted by molar-refractivity contribution is -0.136. The number of carbonyl (C=O) groups is 2. The van der Waals surface area contributed by atoms with E-state index in [4.69, 9.17) is 0 Å². The van der Waals surface area contributed by atoms with E-state index in [-0.39, 0.29) is 11.8 Å². The maximum atomic E-state index is 12.5. The minimum atomic E-state index is -0.465. The second-order valence-electron chi connectivity index (χ2n) is 5.38. The average molecular weight is 298 g/mol. The van der Waals surface area contributed by atoms with Gasteiger partial charge in [0.2, 0.25) is 5.91 Å². The zero-order chi connectivity index (χ0) is 15.4. The van der Waals surface area contributed by atoms with Gasteiger partial charge in [-0.05, 0) is 24.5 Å². The Morgan fingerprint density at radius 3 is 2.86 bits per heavy atom. The number of likely N-dealkylation sites (tertiary alicyclic amines) is 1. The summed E-state index contributed by atoms with van der Waals surface area (Å²) in [6.07, 6.45) is 3.07. The maximum absolute atomic E-state index is 12.5. The number of rotatable bonds is 4. The van der Waals surface area contributed by atoms with Gasteiger partial charge in [-0.25, -0.2) is 0 Å². The number of benzene rings is 1. The molecule has 0 unspecified atom stereocenters. The maximum Gasteiger partial charge on any atom is 0.269 e. The van der Waals surface area contributed by atoms with Crippen LogP contribution in [0.5, 0.6) is 0 Å². The molecule has 0 aliphatic carbocycles. The van der Waals surface area contributed by atoms with Crippen molar-refractivity contribution in [1.82, 2.24) is 20.4 Å². The summed E-state index contributed by atoms with van der Waals surface area (Å²) in [5.74, 6) is -0.319. The Morgan fingerprint density at radius 1 is 1.32 bits per heavy atom. The molecule has 0 saturated carbocycles. The fourth-order valence-corrected chi connectivity index (χ4v) is 2.65. The number of amides is 2. The molecule has 6 heteroatoms. The third-order valence-corrected chi connectivity index (χ3v) is 3.80. The minimum Gasteiger partial charge on any atom is -0.339 e. The van der Waals surface area contributed by atoms with Gasteiger partial charge in [0.25, 0.3) is 5.91 Å². The van der Waals surface area contributed by atoms with Crippen molar-refractivity contribution in [2.24, 2.45) is 0 Å². The van der Waals surface area contributed by atoms with Crippen LogP contribution in [0.4, 0.5) is 0 Å². The SMILES string of the molecule is O=C(N[C@@H]1CCCN(Cc2ccccc2)C1=O)c1ccn[nH]1. The molecule has 1 atom stereocenters. The number of carbonyl (C=O) groups excluding carboxylic acids is 2. The molecule has 0 radical (unpaired) electrons. The van der Waals surface area contributed by atoms with Gasteiger partial charge in [-0.15, -0.1) is 0 Å². The average Bonchev–Trinajstić information content (AvgIpc) is 3.07. The van der Waals surface area contributed by atoms with Gasteiger partial charge < -0.3 is 10.2 Å². The Kier molecular flexibility index (Phi) is 4.18. The molecule has 2 heterocycles. The Labute approximate surface area is 128 Å². The molecule has 2 aromatic rings. The molecule has 1 fully saturated rings. The molecule has 0 spiro atoms. The highest BCUT2D eigenvalue weighted by Gasteiger charge is 2.30. The van der Waals surface area contributed by atoms with E-state index in [9.17, 15) is 9.59 Å². The Hall–Kier alpha value is -2.63. The van der Waals surface area contributed by atoms with Gasteiger partial charge in [0.15, 0.2) is 0 Å². The molecule has 1 aliphatic heterocycles. The van der Waals surface area contributed by atoms with Crippen LogP contribution in [0.25, 0.3) is 0 Å². The van der Waals surface area contributed by atoms with E-state index in [0.29, 0.717) is 18.7 Å². The molecule has 1 aliphatic rings. The summed E-state index contributed by atoms with van der Waals surface area (Å²) in [4.78, 5) is 26.4. The highest BCUT2D eigenvalue weighted by atomic mass is 16.2. The standard InChI is InChI=1S/C16H18N4O2/c21-15(13-8-9-17-19-13)18-14-7-4-10-20(16(14)22)11-12-5-2-1-3-6-12/h1-3,5-6,8-9,14H,4,7,10-11H2,(H,17,19)(H,18,21)/t14-/m1/s1. The van der Waals surface area contributed by atoms with Gasteiger partial charge in [0.1, 0.15) is 11.7 Å². The lowest BCUT2D eigenvalue weighted by atomic mass is 10.0. The van der Waals surface area contributed by atoms with Crippen molar-refractivity contribution in [2.75, 3.05) is 6.54 Å². The monoisotopic (exact) mass is 298 g/mol. The van der Waals surface area contributed by atoms with Crippen molar-refractivity contribution in [3.63, 3.8) is 0 Å². The fraction of sp³-hybridized carbons (Fsp3) is 0.312. The lowest BCUT2D eigenvalue weighted by Gasteiger charge is -2.32. The summed E-state index contributed by atoms with van der Waals surface area (Å²) >= 11 is 0. The molecule has 1 saturated heterocycles. The zero-order valence-corrected chi connectivity index (χ0v) is 12.2. The van der Waals surface area contributed by atoms with E-state index in [2.05, 4.69) is 15.5 Å². The molecule has 22 heavy (non-hydrogen) atoms. The van der Waals surface area contributed by atoms with Gasteiger partial charge in [0.05, 0.1) is 0 Å². The molecule has 114 valence electrons. The van der Waals surface area contributed by atoms with Crippen molar-refractivity contribution in [3.05, 3.63) is 53.9 Å². The smallest absolute Gasteiger partial charge is 0.269 e. The first-order valence-electron chi connectivity index (χ1n) is 7.37. The van der Waals surface area contributed by atoms with Crippen LogP contribution < -0.4 is 5.32 Å². The summed E-state index contributed by atoms with van der Waals surface area (Å²) in [6.45, 7) is 1.31. The fourth-order valence-electron chi connectivity index (χ4n) is 2.65. The first-order valence-corrected chi connectivity index (χ1v) is 7.37. The molecule has 1 aromatic carbocycles. The summed E-state index contributed by atoms with van der Waals surface area (Å²) in [5, 5.41) is 9.14. The quantitative estimate of drug-likeness (QED) is 0.894. The predicted molar refractivity (Wildman–Crippen MR) is 80.9 cm³/mol. The third-order valence-electron chi connectivity index (χ3n) is 3.80. The number of hydrogen-bond acceptors (Lipinski definition) is 3. The third kappa shape index (κ3) is 3.16. The van der Waals surface area contributed by atoms with Gasteiger partial charge >= 0.3 is 0 Å². The van der Waals surface area contributed by atoms with Crippen LogP contribution in [-0.2, 0) is 11.3 Å². The van der Waals surface area contributed by atoms with Crippen molar-refractivity contribution in [2.45, 2.75) is 25.4 Å². The van der Waals surface area contributed by atoms with E-state index in [0.717, 1.165) is 18.5 Å². The second kappa shape index (κ2) is 6.43. The molecule has 2 amide bonds. The van der Waals surface area contributed by atoms with Crippen LogP contribution in [0.3, 0.4) is 0 Å². The molecular weight excluding hydrogens is 280 g/mol. The highest BCUT2D eigenvalue weighted by Crippen LogP contribution is 2.15. The number of piperidine rings is 1. The Morgan fingerprint density at radius 2 is 2.14 bits per heavy atom. The van der Waals surface area contributed by atoms with Crippen molar-refractivity contribution in [1.29, 1.82) is 0 Å². The van der Waals surface area contributed by atoms with E-state index in [1.807, 2.05) is 30.3 Å². The van der Waals surface area contributed by atoms with Crippen LogP contribution in [0.2, 0.25) is 0 Å². The minimum absolute atomic E-state index is 0.0250. The predicted octanol–water partition coefficient (Wildman–Crippen LogP) is 1.33. The van der Waals surface area contributed by atoms with Gasteiger partial charge in [-0.2, -0.15) is 5.10 Å². The number of hydrogen-bond donors (Lipinski definition) is 2. The summed E-state index contributed by atoms with van der Waals surface area (Å²) in [6, 6.07) is 11.0. The van der Waals surface area contributed by atoms with Crippen LogP contribution in [0, 0.1) is 0 Å². The lowest BCUT2D eigenvalue weighted by Crippen LogP contribution is -2.51. The topological polar surface area (TPSA) is 78.1 Å². The van der Waals surface area contributed by atoms with Crippen LogP contribution in [0.15, 0.2) is 42.6 Å². The van der Waals surface area contributed by atoms with Crippen LogP contribution in [0.1, 0.15) is 28.9 Å². The summed E-state index contributed by atoms with van der Waals surface area (Å²) in [5.41, 5.74) is 1.46. The number of nitrogens with one attached hydrogen (secondary N) is 2. The number of H-pyrrole nitrogens is 1. The van der Waals surface area contributed by atoms with E-state index in [1.165, 1.54) is 6.20 Å².